The SMILES string of the molecule is CC(C)C1=C2[C@@H](CC/C(=C/c3ccc(O)c4ccccc34)c3ccccc3)OB(O)C[C@@H]2S(=O)(=O)C1. The van der Waals surface area contributed by atoms with Crippen LogP contribution in [0.25, 0.3) is 22.4 Å². The van der Waals surface area contributed by atoms with Gasteiger partial charge < -0.3 is 14.8 Å². The number of allylic oxidation sites excluding steroid dienone is 1. The van der Waals surface area contributed by atoms with Crippen LogP contribution < -0.4 is 0 Å². The minimum absolute atomic E-state index is 0.0537. The van der Waals surface area contributed by atoms with Gasteiger partial charge in [0.05, 0.1) is 17.1 Å². The van der Waals surface area contributed by atoms with E-state index in [9.17, 15) is 18.5 Å². The van der Waals surface area contributed by atoms with Crippen LogP contribution in [-0.4, -0.2) is 42.8 Å². The van der Waals surface area contributed by atoms with E-state index in [0.717, 1.165) is 38.6 Å². The molecule has 3 aromatic carbocycles. The Morgan fingerprint density at radius 1 is 1.06 bits per heavy atom. The number of hydrogen-bond donors (Lipinski definition) is 2. The standard InChI is InChI=1S/C29H31BO5S/c1-19(2)25-18-36(33,34)28-17-30(32)35-27(29(25)28)15-13-21(20-8-4-3-5-9-20)16-22-12-14-26(31)24-11-7-6-10-23(22)24/h3-12,14,16,19,27-28,31-32H,13,15,17-18H2,1-2H3/b21-16-/t27-,28+/m1/s1. The highest BCUT2D eigenvalue weighted by Crippen LogP contribution is 2.42. The van der Waals surface area contributed by atoms with E-state index in [-0.39, 0.29) is 23.7 Å². The van der Waals surface area contributed by atoms with E-state index in [2.05, 4.69) is 18.2 Å². The third kappa shape index (κ3) is 4.75. The minimum atomic E-state index is -3.33. The smallest absolute Gasteiger partial charge is 0.456 e. The molecular weight excluding hydrogens is 471 g/mol. The lowest BCUT2D eigenvalue weighted by molar-refractivity contribution is 0.170. The molecule has 0 saturated carbocycles. The van der Waals surface area contributed by atoms with Crippen molar-refractivity contribution in [3.8, 4) is 5.75 Å². The van der Waals surface area contributed by atoms with Gasteiger partial charge in [0.2, 0.25) is 0 Å². The molecule has 36 heavy (non-hydrogen) atoms. The van der Waals surface area contributed by atoms with E-state index in [1.165, 1.54) is 0 Å². The van der Waals surface area contributed by atoms with Crippen molar-refractivity contribution >= 4 is 39.4 Å². The van der Waals surface area contributed by atoms with Gasteiger partial charge in [0.25, 0.3) is 0 Å². The number of sulfone groups is 1. The summed E-state index contributed by atoms with van der Waals surface area (Å²) in [6.07, 6.45) is 2.99. The molecular formula is C29H31BO5S. The highest BCUT2D eigenvalue weighted by molar-refractivity contribution is 7.92. The molecule has 2 aliphatic rings. The first-order chi connectivity index (χ1) is 17.2. The van der Waals surface area contributed by atoms with Gasteiger partial charge in [0, 0.05) is 11.7 Å². The first-order valence-electron chi connectivity index (χ1n) is 12.5. The topological polar surface area (TPSA) is 83.8 Å². The van der Waals surface area contributed by atoms with Crippen LogP contribution in [0.2, 0.25) is 6.32 Å². The Labute approximate surface area is 213 Å². The molecule has 1 saturated heterocycles. The van der Waals surface area contributed by atoms with Crippen LogP contribution >= 0.6 is 0 Å². The van der Waals surface area contributed by atoms with E-state index >= 15 is 0 Å². The third-order valence-electron chi connectivity index (χ3n) is 7.37. The van der Waals surface area contributed by atoms with Gasteiger partial charge in [-0.1, -0.05) is 80.6 Å². The predicted molar refractivity (Wildman–Crippen MR) is 146 cm³/mol. The number of benzene rings is 3. The number of rotatable bonds is 6. The summed E-state index contributed by atoms with van der Waals surface area (Å²) in [5.74, 6) is 0.404. The van der Waals surface area contributed by atoms with Crippen molar-refractivity contribution in [2.24, 2.45) is 5.92 Å². The van der Waals surface area contributed by atoms with Crippen LogP contribution in [0.4, 0.5) is 0 Å². The van der Waals surface area contributed by atoms with Crippen LogP contribution in [0.15, 0.2) is 77.9 Å². The fourth-order valence-electron chi connectivity index (χ4n) is 5.57. The maximum Gasteiger partial charge on any atom is 0.456 e. The number of hydrogen-bond acceptors (Lipinski definition) is 5. The number of aromatic hydroxyl groups is 1. The van der Waals surface area contributed by atoms with E-state index < -0.39 is 28.3 Å². The van der Waals surface area contributed by atoms with Gasteiger partial charge in [-0.3, -0.25) is 0 Å². The first-order valence-corrected chi connectivity index (χ1v) is 14.2. The molecule has 7 heteroatoms. The van der Waals surface area contributed by atoms with Crippen molar-refractivity contribution in [1.29, 1.82) is 0 Å². The normalized spacial score (nSPS) is 21.9. The summed E-state index contributed by atoms with van der Waals surface area (Å²) in [5, 5.41) is 21.8. The Kier molecular flexibility index (Phi) is 6.81. The number of phenolic OH excluding ortho intramolecular Hbond substituents is 1. The summed E-state index contributed by atoms with van der Waals surface area (Å²) in [6.45, 7) is 4.04. The molecule has 0 radical (unpaired) electrons. The summed E-state index contributed by atoms with van der Waals surface area (Å²) in [6, 6.07) is 21.5. The van der Waals surface area contributed by atoms with Crippen LogP contribution in [0, 0.1) is 5.92 Å². The molecule has 2 heterocycles. The van der Waals surface area contributed by atoms with E-state index in [1.54, 1.807) is 6.07 Å². The molecule has 3 aromatic rings. The van der Waals surface area contributed by atoms with Crippen molar-refractivity contribution in [2.75, 3.05) is 5.75 Å². The second-order valence-corrected chi connectivity index (χ2v) is 12.2. The molecule has 2 atom stereocenters. The highest BCUT2D eigenvalue weighted by atomic mass is 32.2. The quantitative estimate of drug-likeness (QED) is 0.264. The number of phenols is 1. The monoisotopic (exact) mass is 502 g/mol. The second kappa shape index (κ2) is 9.89. The molecule has 0 aromatic heterocycles. The zero-order valence-corrected chi connectivity index (χ0v) is 21.4. The fraction of sp³-hybridized carbons (Fsp3) is 0.310. The van der Waals surface area contributed by atoms with E-state index in [0.29, 0.717) is 12.8 Å². The van der Waals surface area contributed by atoms with Crippen LogP contribution in [0.1, 0.15) is 37.8 Å². The average Bonchev–Trinajstić information content (AvgIpc) is 3.14. The van der Waals surface area contributed by atoms with Gasteiger partial charge >= 0.3 is 7.12 Å². The summed E-state index contributed by atoms with van der Waals surface area (Å²) in [7, 11) is -4.41. The average molecular weight is 502 g/mol. The molecule has 2 aliphatic heterocycles. The molecule has 5 nitrogen and oxygen atoms in total. The van der Waals surface area contributed by atoms with Crippen LogP contribution in [-0.2, 0) is 14.5 Å². The Balaban J connectivity index is 1.53. The Bertz CT molecular complexity index is 1440. The van der Waals surface area contributed by atoms with Gasteiger partial charge in [-0.2, -0.15) is 0 Å². The van der Waals surface area contributed by atoms with Crippen molar-refractivity contribution in [1.82, 2.24) is 0 Å². The molecule has 186 valence electrons. The van der Waals surface area contributed by atoms with Gasteiger partial charge in [-0.25, -0.2) is 8.42 Å². The van der Waals surface area contributed by atoms with Gasteiger partial charge in [-0.15, -0.1) is 0 Å². The summed E-state index contributed by atoms with van der Waals surface area (Å²) in [5.41, 5.74) is 4.94. The zero-order valence-electron chi connectivity index (χ0n) is 20.6. The Morgan fingerprint density at radius 3 is 2.47 bits per heavy atom. The molecule has 5 rings (SSSR count). The zero-order chi connectivity index (χ0) is 25.4. The Hall–Kier alpha value is -2.87. The molecule has 0 bridgehead atoms. The van der Waals surface area contributed by atoms with E-state index in [1.807, 2.05) is 62.4 Å². The van der Waals surface area contributed by atoms with Gasteiger partial charge in [0.1, 0.15) is 5.75 Å². The summed E-state index contributed by atoms with van der Waals surface area (Å²) < 4.78 is 31.8. The van der Waals surface area contributed by atoms with Crippen molar-refractivity contribution in [3.63, 3.8) is 0 Å². The lowest BCUT2D eigenvalue weighted by Crippen LogP contribution is -2.42. The maximum absolute atomic E-state index is 12.9. The van der Waals surface area contributed by atoms with Crippen molar-refractivity contribution < 1.29 is 23.2 Å². The summed E-state index contributed by atoms with van der Waals surface area (Å²) >= 11 is 0. The van der Waals surface area contributed by atoms with Gasteiger partial charge in [-0.05, 0) is 58.1 Å². The molecule has 0 spiro atoms. The lowest BCUT2D eigenvalue weighted by Gasteiger charge is -2.32. The van der Waals surface area contributed by atoms with Crippen molar-refractivity contribution in [3.05, 3.63) is 89.0 Å². The second-order valence-electron chi connectivity index (χ2n) is 10.0. The van der Waals surface area contributed by atoms with Gasteiger partial charge in [0.15, 0.2) is 9.84 Å². The first kappa shape index (κ1) is 24.8. The van der Waals surface area contributed by atoms with Crippen molar-refractivity contribution in [2.45, 2.75) is 44.4 Å². The summed E-state index contributed by atoms with van der Waals surface area (Å²) in [4.78, 5) is 0. The van der Waals surface area contributed by atoms with Crippen LogP contribution in [0.3, 0.4) is 0 Å². The van der Waals surface area contributed by atoms with E-state index in [4.69, 9.17) is 4.65 Å². The molecule has 0 amide bonds. The van der Waals surface area contributed by atoms with Crippen LogP contribution in [0.5, 0.6) is 5.75 Å². The maximum atomic E-state index is 12.9. The largest absolute Gasteiger partial charge is 0.507 e. The molecule has 2 N–H and O–H groups in total. The Morgan fingerprint density at radius 2 is 1.75 bits per heavy atom. The molecule has 0 unspecified atom stereocenters. The predicted octanol–water partition coefficient (Wildman–Crippen LogP) is 5.50. The fourth-order valence-corrected chi connectivity index (χ4v) is 7.86. The lowest BCUT2D eigenvalue weighted by atomic mass is 9.73. The number of fused-ring (bicyclic) bond motifs is 2. The third-order valence-corrected chi connectivity index (χ3v) is 9.40. The highest BCUT2D eigenvalue weighted by Gasteiger charge is 2.48. The molecule has 1 fully saturated rings. The minimum Gasteiger partial charge on any atom is -0.507 e. The molecule has 0 aliphatic carbocycles.